The highest BCUT2D eigenvalue weighted by Crippen LogP contribution is 2.32. The smallest absolute Gasteiger partial charge is 0.321 e. The van der Waals surface area contributed by atoms with Crippen molar-refractivity contribution in [3.63, 3.8) is 0 Å². The Balaban J connectivity index is 1.36. The Morgan fingerprint density at radius 1 is 0.392 bits per heavy atom. The molecule has 0 unspecified atom stereocenters. The molecule has 4 aromatic rings. The summed E-state index contributed by atoms with van der Waals surface area (Å²) >= 11 is 0. The lowest BCUT2D eigenvalue weighted by Crippen LogP contribution is -2.38. The van der Waals surface area contributed by atoms with Gasteiger partial charge >= 0.3 is 24.1 Å². The molecular formula is C59H96N16O4. The van der Waals surface area contributed by atoms with Gasteiger partial charge in [0.05, 0.1) is 0 Å². The SMILES string of the molecule is CCCCCCCCCCCCCCCCCCN(C(N)=O)c1nc(N)nc(-c2ccc(Cc3ccc(-c4nc(N)nc(N(CCCCCCCCCCCCCCCCCC)C(N)=O)n4)cc3NC(N)=O)c(NC(N)=O)c2)n1. The van der Waals surface area contributed by atoms with Gasteiger partial charge in [0.25, 0.3) is 0 Å². The maximum Gasteiger partial charge on any atom is 0.321 e. The van der Waals surface area contributed by atoms with Crippen LogP contribution in [0.1, 0.15) is 230 Å². The second-order valence-electron chi connectivity index (χ2n) is 21.1. The molecule has 0 spiro atoms. The monoisotopic (exact) mass is 1090 g/mol. The van der Waals surface area contributed by atoms with Crippen molar-refractivity contribution >= 4 is 59.3 Å². The van der Waals surface area contributed by atoms with Crippen molar-refractivity contribution in [1.29, 1.82) is 0 Å². The molecule has 0 radical (unpaired) electrons. The van der Waals surface area contributed by atoms with E-state index < -0.39 is 24.1 Å². The van der Waals surface area contributed by atoms with Crippen molar-refractivity contribution in [2.45, 2.75) is 226 Å². The number of carbonyl (C=O) groups is 4. The maximum absolute atomic E-state index is 12.7. The minimum Gasteiger partial charge on any atom is -0.368 e. The Morgan fingerprint density at radius 3 is 0.937 bits per heavy atom. The van der Waals surface area contributed by atoms with Crippen LogP contribution < -0.4 is 54.8 Å². The third kappa shape index (κ3) is 25.7. The van der Waals surface area contributed by atoms with Gasteiger partial charge in [0.2, 0.25) is 23.8 Å². The number of aromatic nitrogens is 6. The van der Waals surface area contributed by atoms with Crippen molar-refractivity contribution in [3.8, 4) is 22.8 Å². The Hall–Kier alpha value is -6.86. The van der Waals surface area contributed by atoms with Crippen molar-refractivity contribution in [3.05, 3.63) is 47.5 Å². The lowest BCUT2D eigenvalue weighted by atomic mass is 9.98. The number of benzene rings is 2. The van der Waals surface area contributed by atoms with Crippen LogP contribution in [-0.4, -0.2) is 67.1 Å². The molecule has 2 aromatic heterocycles. The molecule has 0 bridgehead atoms. The number of amides is 8. The number of primary amides is 4. The second kappa shape index (κ2) is 37.9. The number of anilines is 6. The molecule has 20 nitrogen and oxygen atoms in total. The Labute approximate surface area is 470 Å². The van der Waals surface area contributed by atoms with E-state index in [1.165, 1.54) is 164 Å². The first kappa shape index (κ1) is 64.7. The minimum absolute atomic E-state index is 0.0106. The Kier molecular flexibility index (Phi) is 31.0. The first-order valence-electron chi connectivity index (χ1n) is 29.9. The third-order valence-corrected chi connectivity index (χ3v) is 14.4. The molecule has 0 aliphatic carbocycles. The average Bonchev–Trinajstić information content (AvgIpc) is 3.50. The molecule has 436 valence electrons. The summed E-state index contributed by atoms with van der Waals surface area (Å²) in [6.07, 6.45) is 39.4. The van der Waals surface area contributed by atoms with Gasteiger partial charge in [-0.2, -0.15) is 29.9 Å². The maximum atomic E-state index is 12.7. The van der Waals surface area contributed by atoms with Crippen LogP contribution in [0.2, 0.25) is 0 Å². The summed E-state index contributed by atoms with van der Waals surface area (Å²) in [5, 5.41) is 5.35. The number of unbranched alkanes of at least 4 members (excludes halogenated alkanes) is 30. The van der Waals surface area contributed by atoms with Crippen LogP contribution in [0.3, 0.4) is 0 Å². The van der Waals surface area contributed by atoms with Crippen molar-refractivity contribution < 1.29 is 19.2 Å². The molecule has 0 saturated carbocycles. The molecule has 14 N–H and O–H groups in total. The average molecular weight is 1090 g/mol. The summed E-state index contributed by atoms with van der Waals surface area (Å²) in [4.78, 5) is 79.1. The van der Waals surface area contributed by atoms with E-state index in [0.717, 1.165) is 38.5 Å². The van der Waals surface area contributed by atoms with Gasteiger partial charge in [0.15, 0.2) is 11.6 Å². The summed E-state index contributed by atoms with van der Waals surface area (Å²) in [5.41, 5.74) is 38.0. The van der Waals surface area contributed by atoms with Crippen LogP contribution in [0.25, 0.3) is 22.8 Å². The molecule has 20 heteroatoms. The second-order valence-corrected chi connectivity index (χ2v) is 21.1. The normalized spacial score (nSPS) is 11.2. The molecule has 0 aliphatic heterocycles. The van der Waals surface area contributed by atoms with E-state index in [1.54, 1.807) is 36.4 Å². The highest BCUT2D eigenvalue weighted by molar-refractivity contribution is 5.92. The standard InChI is InChI=1S/C59H96N16O4/c1-3-5-7-9-11-13-15-17-19-21-23-25-27-29-31-33-39-74(56(64)78)58-70-50(68-52(60)72-58)46-37-35-44(48(42-46)66-54(62)76)41-45-36-38-47(43-49(45)67-55(63)77)51-69-53(61)73-59(71-51)75(57(65)79)40-34-32-30-28-26-24-22-20-18-16-14-12-10-8-6-4-2/h35-38,42-43H,3-34,39-41H2,1-2H3,(H2,64,78)(H2,65,79)(H3,62,66,76)(H3,63,67,77)(H2,60,68,70,72)(H2,61,69,71,73). The molecule has 0 saturated heterocycles. The molecule has 4 rings (SSSR count). The van der Waals surface area contributed by atoms with Gasteiger partial charge in [-0.25, -0.2) is 19.2 Å². The quantitative estimate of drug-likeness (QED) is 0.0192. The number of nitrogens with zero attached hydrogens (tertiary/aromatic N) is 8. The van der Waals surface area contributed by atoms with Crippen molar-refractivity contribution in [1.82, 2.24) is 29.9 Å². The summed E-state index contributed by atoms with van der Waals surface area (Å²) in [6.45, 7) is 5.12. The number of rotatable bonds is 42. The molecule has 8 amide bonds. The topological polar surface area (TPSA) is 332 Å². The molecule has 0 aliphatic rings. The van der Waals surface area contributed by atoms with E-state index in [-0.39, 0.29) is 41.9 Å². The Morgan fingerprint density at radius 2 is 0.671 bits per heavy atom. The molecule has 79 heavy (non-hydrogen) atoms. The van der Waals surface area contributed by atoms with E-state index in [1.807, 2.05) is 0 Å². The number of carbonyl (C=O) groups excluding carboxylic acids is 4. The van der Waals surface area contributed by atoms with E-state index in [2.05, 4.69) is 54.4 Å². The van der Waals surface area contributed by atoms with Gasteiger partial charge in [-0.05, 0) is 36.1 Å². The molecule has 0 fully saturated rings. The van der Waals surface area contributed by atoms with Gasteiger partial charge in [-0.3, -0.25) is 9.80 Å². The predicted molar refractivity (Wildman–Crippen MR) is 322 cm³/mol. The Bertz CT molecular complexity index is 2270. The summed E-state index contributed by atoms with van der Waals surface area (Å²) in [7, 11) is 0. The van der Waals surface area contributed by atoms with Gasteiger partial charge in [-0.15, -0.1) is 0 Å². The zero-order valence-electron chi connectivity index (χ0n) is 47.9. The van der Waals surface area contributed by atoms with Crippen molar-refractivity contribution in [2.24, 2.45) is 22.9 Å². The molecule has 0 atom stereocenters. The molecular weight excluding hydrogens is 997 g/mol. The number of urea groups is 4. The zero-order valence-corrected chi connectivity index (χ0v) is 47.9. The highest BCUT2D eigenvalue weighted by Gasteiger charge is 2.22. The fraction of sp³-hybridized carbons (Fsp3) is 0.627. The van der Waals surface area contributed by atoms with E-state index >= 15 is 0 Å². The van der Waals surface area contributed by atoms with Gasteiger partial charge < -0.3 is 45.0 Å². The molecule has 2 aromatic carbocycles. The number of hydrogen-bond acceptors (Lipinski definition) is 12. The van der Waals surface area contributed by atoms with Crippen LogP contribution >= 0.6 is 0 Å². The number of nitrogens with one attached hydrogen (secondary N) is 2. The first-order chi connectivity index (χ1) is 38.3. The van der Waals surface area contributed by atoms with E-state index in [4.69, 9.17) is 34.4 Å². The number of nitrogen functional groups attached to an aromatic ring is 2. The summed E-state index contributed by atoms with van der Waals surface area (Å²) < 4.78 is 0. The number of hydrogen-bond donors (Lipinski definition) is 8. The fourth-order valence-corrected chi connectivity index (χ4v) is 9.96. The van der Waals surface area contributed by atoms with Gasteiger partial charge in [-0.1, -0.05) is 231 Å². The number of nitrogens with two attached hydrogens (primary N) is 6. The largest absolute Gasteiger partial charge is 0.368 e. The van der Waals surface area contributed by atoms with Gasteiger partial charge in [0.1, 0.15) is 0 Å². The van der Waals surface area contributed by atoms with E-state index in [9.17, 15) is 19.2 Å². The predicted octanol–water partition coefficient (Wildman–Crippen LogP) is 13.4. The lowest BCUT2D eigenvalue weighted by molar-refractivity contribution is 0.252. The van der Waals surface area contributed by atoms with Gasteiger partial charge in [0, 0.05) is 42.0 Å². The third-order valence-electron chi connectivity index (χ3n) is 14.4. The molecule has 2 heterocycles. The minimum atomic E-state index is -0.832. The lowest BCUT2D eigenvalue weighted by Gasteiger charge is -2.19. The zero-order chi connectivity index (χ0) is 57.0. The van der Waals surface area contributed by atoms with Crippen LogP contribution in [0.5, 0.6) is 0 Å². The van der Waals surface area contributed by atoms with Crippen LogP contribution in [0, 0.1) is 0 Å². The van der Waals surface area contributed by atoms with E-state index in [0.29, 0.717) is 59.6 Å². The summed E-state index contributed by atoms with van der Waals surface area (Å²) in [6, 6.07) is 7.06. The van der Waals surface area contributed by atoms with Crippen LogP contribution in [0.15, 0.2) is 36.4 Å². The first-order valence-corrected chi connectivity index (χ1v) is 29.9. The fourth-order valence-electron chi connectivity index (χ4n) is 9.96. The van der Waals surface area contributed by atoms with Crippen LogP contribution in [0.4, 0.5) is 54.3 Å². The summed E-state index contributed by atoms with van der Waals surface area (Å²) in [5.74, 6) is 0.0396. The van der Waals surface area contributed by atoms with Crippen LogP contribution in [-0.2, 0) is 6.42 Å². The highest BCUT2D eigenvalue weighted by atomic mass is 16.2. The van der Waals surface area contributed by atoms with Crippen molar-refractivity contribution in [2.75, 3.05) is 45.0 Å².